The first kappa shape index (κ1) is 30.5. The summed E-state index contributed by atoms with van der Waals surface area (Å²) in [5, 5.41) is 28.4. The first-order chi connectivity index (χ1) is 18.0. The number of ether oxygens (including phenoxy) is 1. The van der Waals surface area contributed by atoms with Gasteiger partial charge in [-0.15, -0.1) is 0 Å². The minimum Gasteiger partial charge on any atom is -0.756 e. The van der Waals surface area contributed by atoms with Gasteiger partial charge in [0, 0.05) is 10.6 Å². The predicted octanol–water partition coefficient (Wildman–Crippen LogP) is -0.974. The molecular weight excluding hydrogens is 582 g/mol. The number of aliphatic hydroxyl groups excluding tert-OH is 2. The molecule has 4 rings (SSSR count). The quantitative estimate of drug-likeness (QED) is 0.148. The van der Waals surface area contributed by atoms with Gasteiger partial charge in [-0.05, 0) is 6.07 Å². The highest BCUT2D eigenvalue weighted by atomic mass is 35.5. The van der Waals surface area contributed by atoms with Crippen molar-refractivity contribution < 1.29 is 61.5 Å². The van der Waals surface area contributed by atoms with Crippen molar-refractivity contribution in [3.05, 3.63) is 51.5 Å². The summed E-state index contributed by atoms with van der Waals surface area (Å²) >= 11 is 6.24. The molecule has 1 fully saturated rings. The van der Waals surface area contributed by atoms with Gasteiger partial charge >= 0.3 is 17.8 Å². The number of carbonyl (C=O) groups is 1. The van der Waals surface area contributed by atoms with E-state index in [1.165, 1.54) is 15.5 Å². The van der Waals surface area contributed by atoms with E-state index in [1.807, 2.05) is 0 Å². The van der Waals surface area contributed by atoms with E-state index in [-0.39, 0.29) is 23.7 Å². The smallest absolute Gasteiger partial charge is 0.490 e. The van der Waals surface area contributed by atoms with Gasteiger partial charge in [0.15, 0.2) is 6.33 Å². The Balaban J connectivity index is 0.000000532. The van der Waals surface area contributed by atoms with Gasteiger partial charge in [-0.2, -0.15) is 13.2 Å². The fourth-order valence-corrected chi connectivity index (χ4v) is 4.08. The van der Waals surface area contributed by atoms with Crippen molar-refractivity contribution in [1.29, 1.82) is 0 Å². The van der Waals surface area contributed by atoms with Crippen molar-refractivity contribution in [3.63, 3.8) is 0 Å². The molecule has 5 atom stereocenters. The molecule has 2 aromatic heterocycles. The molecule has 1 aliphatic heterocycles. The molecule has 0 aliphatic carbocycles. The molecular formula is C19H20ClF3N5O10P. The largest absolute Gasteiger partial charge is 0.756 e. The third kappa shape index (κ3) is 7.31. The molecule has 0 spiro atoms. The number of anilines is 1. The van der Waals surface area contributed by atoms with Crippen LogP contribution in [-0.2, 0) is 25.2 Å². The number of carboxylic acids is 1. The number of phosphoric ester groups is 1. The number of fused-ring (bicyclic) bond motifs is 1. The Morgan fingerprint density at radius 2 is 1.95 bits per heavy atom. The zero-order chi connectivity index (χ0) is 29.3. The average Bonchev–Trinajstić information content (AvgIpc) is 3.30. The highest BCUT2D eigenvalue weighted by Gasteiger charge is 2.47. The number of aliphatic hydroxyl groups is 2. The number of H-pyrrole nitrogens is 1. The van der Waals surface area contributed by atoms with E-state index in [0.29, 0.717) is 10.6 Å². The van der Waals surface area contributed by atoms with Crippen molar-refractivity contribution in [3.8, 4) is 0 Å². The Hall–Kier alpha value is -3.09. The van der Waals surface area contributed by atoms with E-state index in [0.717, 1.165) is 0 Å². The Bertz CT molecular complexity index is 1460. The number of phosphoric acid groups is 1. The SMILES string of the molecule is Nc1nc2c(c(=O)[nH]1)n(Cc1ccccc1Cl)c[n+]2[C@@H]1O[C@H](COP(=O)([O-])O)[C@@H](O)[C@H]1O.O=C(O)C(F)(F)F. The number of alkyl halides is 3. The third-order valence-electron chi connectivity index (χ3n) is 5.24. The number of hydrogen-bond donors (Lipinski definition) is 6. The lowest BCUT2D eigenvalue weighted by atomic mass is 10.1. The summed E-state index contributed by atoms with van der Waals surface area (Å²) in [4.78, 5) is 47.7. The fraction of sp³-hybridized carbons (Fsp3) is 0.368. The number of nitrogens with two attached hydrogens (primary N) is 1. The zero-order valence-electron chi connectivity index (χ0n) is 19.2. The number of halogens is 4. The lowest BCUT2D eigenvalue weighted by molar-refractivity contribution is -0.745. The molecule has 15 nitrogen and oxygen atoms in total. The standard InChI is InChI=1S/C17H19ClN5O8P.C2HF3O2/c18-9-4-2-1-3-8(9)5-22-7-23(14-11(22)15(26)21-17(19)20-14)16-13(25)12(24)10(31-16)6-30-32(27,28)29;3-2(4,5)1(6)7/h1-4,7,10,12-13,16,24-25H,5-6H2,(H4-,19,20,21,26,27,28,29);(H,6,7)/t10-,12-,13-,16-;/m1./s1. The molecule has 1 aromatic carbocycles. The summed E-state index contributed by atoms with van der Waals surface area (Å²) < 4.78 is 55.3. The van der Waals surface area contributed by atoms with E-state index in [4.69, 9.17) is 36.9 Å². The van der Waals surface area contributed by atoms with Crippen LogP contribution in [0.2, 0.25) is 5.02 Å². The number of carboxylic acid groups (broad SMARTS) is 1. The van der Waals surface area contributed by atoms with Crippen molar-refractivity contribution in [2.75, 3.05) is 12.3 Å². The lowest BCUT2D eigenvalue weighted by Crippen LogP contribution is -2.46. The van der Waals surface area contributed by atoms with Gasteiger partial charge in [0.1, 0.15) is 18.3 Å². The van der Waals surface area contributed by atoms with Crippen molar-refractivity contribution >= 4 is 42.5 Å². The Morgan fingerprint density at radius 3 is 2.51 bits per heavy atom. The first-order valence-electron chi connectivity index (χ1n) is 10.5. The topological polar surface area (TPSA) is 237 Å². The summed E-state index contributed by atoms with van der Waals surface area (Å²) in [5.41, 5.74) is 5.98. The zero-order valence-corrected chi connectivity index (χ0v) is 20.9. The fourth-order valence-electron chi connectivity index (χ4n) is 3.55. The van der Waals surface area contributed by atoms with E-state index < -0.39 is 56.7 Å². The van der Waals surface area contributed by atoms with Crippen molar-refractivity contribution in [1.82, 2.24) is 14.5 Å². The second-order valence-electron chi connectivity index (χ2n) is 7.98. The van der Waals surface area contributed by atoms with Crippen LogP contribution in [0, 0.1) is 0 Å². The van der Waals surface area contributed by atoms with Crippen LogP contribution in [0.1, 0.15) is 11.8 Å². The molecule has 214 valence electrons. The molecule has 1 aliphatic rings. The molecule has 3 aromatic rings. The Labute approximate surface area is 220 Å². The molecule has 7 N–H and O–H groups in total. The van der Waals surface area contributed by atoms with Crippen LogP contribution in [0.25, 0.3) is 11.2 Å². The molecule has 0 amide bonds. The molecule has 39 heavy (non-hydrogen) atoms. The predicted molar refractivity (Wildman–Crippen MR) is 121 cm³/mol. The Kier molecular flexibility index (Phi) is 9.03. The van der Waals surface area contributed by atoms with Crippen LogP contribution >= 0.6 is 19.4 Å². The summed E-state index contributed by atoms with van der Waals surface area (Å²) in [6, 6.07) is 7.00. The van der Waals surface area contributed by atoms with Gasteiger partial charge in [-0.1, -0.05) is 34.8 Å². The highest BCUT2D eigenvalue weighted by Crippen LogP contribution is 2.34. The maximum Gasteiger partial charge on any atom is 0.490 e. The number of hydrogen-bond acceptors (Lipinski definition) is 10. The van der Waals surface area contributed by atoms with Gasteiger partial charge in [0.2, 0.25) is 11.7 Å². The van der Waals surface area contributed by atoms with Gasteiger partial charge < -0.3 is 40.1 Å². The average molecular weight is 602 g/mol. The number of rotatable bonds is 6. The summed E-state index contributed by atoms with van der Waals surface area (Å²) in [6.45, 7) is -0.569. The lowest BCUT2D eigenvalue weighted by Gasteiger charge is -2.19. The number of nitrogens with zero attached hydrogens (tertiary/aromatic N) is 3. The number of aromatic amines is 1. The normalized spacial score (nSPS) is 22.8. The maximum atomic E-state index is 12.6. The minimum atomic E-state index is -5.08. The molecule has 1 unspecified atom stereocenters. The number of nitrogen functional groups attached to an aromatic ring is 1. The molecule has 0 radical (unpaired) electrons. The molecule has 0 bridgehead atoms. The van der Waals surface area contributed by atoms with Crippen LogP contribution in [0.5, 0.6) is 0 Å². The maximum absolute atomic E-state index is 12.6. The number of aliphatic carboxylic acids is 1. The number of aromatic nitrogens is 4. The summed E-state index contributed by atoms with van der Waals surface area (Å²) in [5.74, 6) is -2.94. The monoisotopic (exact) mass is 601 g/mol. The number of imidazole rings is 1. The minimum absolute atomic E-state index is 0.0489. The van der Waals surface area contributed by atoms with E-state index in [2.05, 4.69) is 14.5 Å². The Morgan fingerprint density at radius 1 is 1.33 bits per heavy atom. The van der Waals surface area contributed by atoms with Crippen LogP contribution in [-0.4, -0.2) is 71.8 Å². The second kappa shape index (κ2) is 11.6. The van der Waals surface area contributed by atoms with Crippen LogP contribution in [0.3, 0.4) is 0 Å². The van der Waals surface area contributed by atoms with E-state index in [9.17, 15) is 37.6 Å². The van der Waals surface area contributed by atoms with Crippen LogP contribution in [0.4, 0.5) is 19.1 Å². The van der Waals surface area contributed by atoms with E-state index >= 15 is 0 Å². The number of nitrogens with one attached hydrogen (secondary N) is 1. The van der Waals surface area contributed by atoms with Crippen molar-refractivity contribution in [2.24, 2.45) is 0 Å². The second-order valence-corrected chi connectivity index (χ2v) is 9.58. The highest BCUT2D eigenvalue weighted by molar-refractivity contribution is 7.44. The van der Waals surface area contributed by atoms with Gasteiger partial charge in [0.05, 0.1) is 13.2 Å². The van der Waals surface area contributed by atoms with E-state index in [1.54, 1.807) is 24.3 Å². The third-order valence-corrected chi connectivity index (χ3v) is 6.09. The first-order valence-corrected chi connectivity index (χ1v) is 12.4. The van der Waals surface area contributed by atoms with Crippen LogP contribution in [0.15, 0.2) is 35.4 Å². The summed E-state index contributed by atoms with van der Waals surface area (Å²) in [7, 11) is -5.07. The molecule has 0 saturated carbocycles. The molecule has 3 heterocycles. The van der Waals surface area contributed by atoms with Gasteiger partial charge in [0.25, 0.3) is 19.3 Å². The summed E-state index contributed by atoms with van der Waals surface area (Å²) in [6.07, 6.45) is -9.31. The van der Waals surface area contributed by atoms with Crippen LogP contribution < -0.4 is 20.8 Å². The van der Waals surface area contributed by atoms with Gasteiger partial charge in [-0.25, -0.2) is 9.36 Å². The molecule has 1 saturated heterocycles. The van der Waals surface area contributed by atoms with Gasteiger partial charge in [-0.3, -0.25) is 18.9 Å². The molecule has 20 heteroatoms. The number of benzene rings is 1. The van der Waals surface area contributed by atoms with Crippen molar-refractivity contribution in [2.45, 2.75) is 37.3 Å².